The molecule has 0 amide bonds. The van der Waals surface area contributed by atoms with Gasteiger partial charge >= 0.3 is 0 Å². The Hall–Kier alpha value is -1.81. The molecule has 3 unspecified atom stereocenters. The van der Waals surface area contributed by atoms with Gasteiger partial charge in [-0.3, -0.25) is 4.57 Å². The summed E-state index contributed by atoms with van der Waals surface area (Å²) in [4.78, 5) is 12.1. The Balaban J connectivity index is 2.04. The highest BCUT2D eigenvalue weighted by atomic mass is 16.6. The number of methoxy groups -OCH3 is 1. The second-order valence-corrected chi connectivity index (χ2v) is 4.52. The molecule has 1 fully saturated rings. The zero-order valence-corrected chi connectivity index (χ0v) is 10.7. The molecule has 0 aromatic carbocycles. The van der Waals surface area contributed by atoms with Crippen molar-refractivity contribution in [1.82, 2.24) is 19.5 Å². The summed E-state index contributed by atoms with van der Waals surface area (Å²) in [5, 5.41) is 19.3. The molecular formula is C11H15N5O4. The van der Waals surface area contributed by atoms with Crippen molar-refractivity contribution in [1.29, 1.82) is 0 Å². The first kappa shape index (κ1) is 13.2. The zero-order valence-electron chi connectivity index (χ0n) is 10.7. The molecule has 20 heavy (non-hydrogen) atoms. The number of hydrogen-bond acceptors (Lipinski definition) is 8. The smallest absolute Gasteiger partial charge is 0.167 e. The van der Waals surface area contributed by atoms with Crippen molar-refractivity contribution in [2.75, 3.05) is 19.5 Å². The van der Waals surface area contributed by atoms with Gasteiger partial charge in [0.2, 0.25) is 0 Å². The van der Waals surface area contributed by atoms with Gasteiger partial charge in [-0.2, -0.15) is 0 Å². The average molecular weight is 281 g/mol. The summed E-state index contributed by atoms with van der Waals surface area (Å²) in [6, 6.07) is 0. The molecule has 0 spiro atoms. The van der Waals surface area contributed by atoms with E-state index in [4.69, 9.17) is 15.2 Å². The Labute approximate surface area is 114 Å². The molecule has 2 aromatic heterocycles. The Morgan fingerprint density at radius 1 is 1.45 bits per heavy atom. The molecule has 1 aliphatic heterocycles. The van der Waals surface area contributed by atoms with Gasteiger partial charge in [0.1, 0.15) is 30.2 Å². The minimum Gasteiger partial charge on any atom is -0.394 e. The fraction of sp³-hybridized carbons (Fsp3) is 0.545. The maximum atomic E-state index is 10.0. The van der Waals surface area contributed by atoms with Crippen LogP contribution >= 0.6 is 0 Å². The highest BCUT2D eigenvalue weighted by Crippen LogP contribution is 2.33. The lowest BCUT2D eigenvalue weighted by atomic mass is 10.1. The molecule has 0 aliphatic carbocycles. The monoisotopic (exact) mass is 281 g/mol. The molecule has 9 nitrogen and oxygen atoms in total. The van der Waals surface area contributed by atoms with Gasteiger partial charge < -0.3 is 25.4 Å². The van der Waals surface area contributed by atoms with Crippen LogP contribution in [0.2, 0.25) is 0 Å². The number of fused-ring (bicyclic) bond motifs is 1. The van der Waals surface area contributed by atoms with Crippen molar-refractivity contribution >= 4 is 17.0 Å². The second-order valence-electron chi connectivity index (χ2n) is 4.52. The maximum Gasteiger partial charge on any atom is 0.167 e. The second kappa shape index (κ2) is 4.94. The zero-order chi connectivity index (χ0) is 14.3. The van der Waals surface area contributed by atoms with Crippen LogP contribution in [0.1, 0.15) is 6.23 Å². The number of anilines is 1. The molecule has 9 heteroatoms. The molecule has 0 saturated carbocycles. The predicted octanol–water partition coefficient (Wildman–Crippen LogP) is -1.33. The van der Waals surface area contributed by atoms with Crippen molar-refractivity contribution < 1.29 is 19.7 Å². The summed E-state index contributed by atoms with van der Waals surface area (Å²) in [7, 11) is 1.46. The number of aromatic nitrogens is 4. The number of nitrogens with two attached hydrogens (primary N) is 1. The quantitative estimate of drug-likeness (QED) is 0.631. The van der Waals surface area contributed by atoms with Gasteiger partial charge in [0.25, 0.3) is 0 Å². The normalized spacial score (nSPS) is 30.1. The molecule has 3 rings (SSSR count). The van der Waals surface area contributed by atoms with Crippen LogP contribution in [0, 0.1) is 0 Å². The molecular weight excluding hydrogens is 266 g/mol. The molecule has 108 valence electrons. The van der Waals surface area contributed by atoms with E-state index in [1.165, 1.54) is 19.8 Å². The Bertz CT molecular complexity index is 618. The third-order valence-electron chi connectivity index (χ3n) is 3.43. The number of aliphatic hydroxyl groups is 2. The van der Waals surface area contributed by atoms with Crippen molar-refractivity contribution in [2.24, 2.45) is 0 Å². The Morgan fingerprint density at radius 2 is 2.25 bits per heavy atom. The van der Waals surface area contributed by atoms with E-state index in [1.807, 2.05) is 0 Å². The third-order valence-corrected chi connectivity index (χ3v) is 3.43. The van der Waals surface area contributed by atoms with Crippen LogP contribution in [0.3, 0.4) is 0 Å². The van der Waals surface area contributed by atoms with Crippen LogP contribution in [-0.4, -0.2) is 61.8 Å². The van der Waals surface area contributed by atoms with Crippen LogP contribution in [0.15, 0.2) is 12.7 Å². The number of imidazole rings is 1. The highest BCUT2D eigenvalue weighted by molar-refractivity contribution is 5.81. The van der Waals surface area contributed by atoms with E-state index in [1.54, 1.807) is 4.57 Å². The summed E-state index contributed by atoms with van der Waals surface area (Å²) in [5.74, 6) is 0.264. The fourth-order valence-corrected chi connectivity index (χ4v) is 2.40. The molecule has 4 atom stereocenters. The van der Waals surface area contributed by atoms with Gasteiger partial charge in [-0.15, -0.1) is 0 Å². The standard InChI is InChI=1S/C11H15N5O4/c1-19-8-7(18)5(2-17)20-11(8)16-4-15-6-9(12)13-3-14-10(6)16/h3-5,7-8,11,17-18H,2H2,1H3,(H2,12,13,14)/t5?,7?,8-,11?/m0/s1. The van der Waals surface area contributed by atoms with E-state index in [-0.39, 0.29) is 12.4 Å². The minimum absolute atomic E-state index is 0.264. The van der Waals surface area contributed by atoms with E-state index in [9.17, 15) is 10.2 Å². The van der Waals surface area contributed by atoms with Crippen LogP contribution in [0.4, 0.5) is 5.82 Å². The predicted molar refractivity (Wildman–Crippen MR) is 67.5 cm³/mol. The third kappa shape index (κ3) is 1.83. The summed E-state index contributed by atoms with van der Waals surface area (Å²) < 4.78 is 12.5. The summed E-state index contributed by atoms with van der Waals surface area (Å²) >= 11 is 0. The molecule has 2 aromatic rings. The largest absolute Gasteiger partial charge is 0.394 e. The van der Waals surface area contributed by atoms with Gasteiger partial charge in [0.05, 0.1) is 12.9 Å². The average Bonchev–Trinajstić information content (AvgIpc) is 3.00. The molecule has 1 aliphatic rings. The summed E-state index contributed by atoms with van der Waals surface area (Å²) in [6.07, 6.45) is -0.119. The highest BCUT2D eigenvalue weighted by Gasteiger charge is 2.45. The first-order valence-electron chi connectivity index (χ1n) is 6.07. The van der Waals surface area contributed by atoms with E-state index in [0.717, 1.165) is 0 Å². The number of aliphatic hydroxyl groups excluding tert-OH is 2. The van der Waals surface area contributed by atoms with E-state index in [2.05, 4.69) is 15.0 Å². The number of rotatable bonds is 3. The maximum absolute atomic E-state index is 10.0. The van der Waals surface area contributed by atoms with Crippen LogP contribution < -0.4 is 5.73 Å². The number of hydrogen-bond donors (Lipinski definition) is 3. The first-order valence-corrected chi connectivity index (χ1v) is 6.07. The summed E-state index contributed by atoms with van der Waals surface area (Å²) in [6.45, 7) is -0.304. The van der Waals surface area contributed by atoms with E-state index < -0.39 is 24.5 Å². The van der Waals surface area contributed by atoms with Gasteiger partial charge in [-0.1, -0.05) is 0 Å². The topological polar surface area (TPSA) is 129 Å². The van der Waals surface area contributed by atoms with Crippen LogP contribution in [0.5, 0.6) is 0 Å². The lowest BCUT2D eigenvalue weighted by molar-refractivity contribution is -0.0583. The number of ether oxygens (including phenoxy) is 2. The molecule has 3 heterocycles. The number of nitrogen functional groups attached to an aromatic ring is 1. The van der Waals surface area contributed by atoms with Gasteiger partial charge in [0, 0.05) is 7.11 Å². The summed E-state index contributed by atoms with van der Waals surface area (Å²) in [5.41, 5.74) is 6.66. The Kier molecular flexibility index (Phi) is 3.26. The van der Waals surface area contributed by atoms with Crippen molar-refractivity contribution in [2.45, 2.75) is 24.5 Å². The van der Waals surface area contributed by atoms with E-state index >= 15 is 0 Å². The van der Waals surface area contributed by atoms with Crippen molar-refractivity contribution in [3.05, 3.63) is 12.7 Å². The SMILES string of the molecule is CO[C@H]1C(O)C(CO)OC1n1cnc2c(N)ncnc21. The van der Waals surface area contributed by atoms with Crippen LogP contribution in [-0.2, 0) is 9.47 Å². The molecule has 1 saturated heterocycles. The number of nitrogens with zero attached hydrogens (tertiary/aromatic N) is 4. The molecule has 4 N–H and O–H groups in total. The Morgan fingerprint density at radius 3 is 2.95 bits per heavy atom. The van der Waals surface area contributed by atoms with E-state index in [0.29, 0.717) is 11.2 Å². The van der Waals surface area contributed by atoms with Gasteiger partial charge in [0.15, 0.2) is 17.7 Å². The molecule has 0 bridgehead atoms. The van der Waals surface area contributed by atoms with Crippen molar-refractivity contribution in [3.8, 4) is 0 Å². The van der Waals surface area contributed by atoms with Gasteiger partial charge in [-0.05, 0) is 0 Å². The van der Waals surface area contributed by atoms with Crippen molar-refractivity contribution in [3.63, 3.8) is 0 Å². The minimum atomic E-state index is -0.938. The van der Waals surface area contributed by atoms with Crippen LogP contribution in [0.25, 0.3) is 11.2 Å². The first-order chi connectivity index (χ1) is 9.67. The lowest BCUT2D eigenvalue weighted by Crippen LogP contribution is -2.34. The lowest BCUT2D eigenvalue weighted by Gasteiger charge is -2.19. The fourth-order valence-electron chi connectivity index (χ4n) is 2.40. The van der Waals surface area contributed by atoms with Gasteiger partial charge in [-0.25, -0.2) is 15.0 Å². The molecule has 0 radical (unpaired) electrons.